The first-order chi connectivity index (χ1) is 10.0. The molecule has 2 aromatic heterocycles. The molecule has 1 aliphatic heterocycles. The van der Waals surface area contributed by atoms with Crippen LogP contribution in [0, 0.1) is 13.8 Å². The summed E-state index contributed by atoms with van der Waals surface area (Å²) in [5.41, 5.74) is 2.54. The minimum Gasteiger partial charge on any atom is -0.394 e. The third-order valence-corrected chi connectivity index (χ3v) is 3.91. The highest BCUT2D eigenvalue weighted by Crippen LogP contribution is 2.23. The lowest BCUT2D eigenvalue weighted by molar-refractivity contribution is 0.0671. The second-order valence-electron chi connectivity index (χ2n) is 5.44. The van der Waals surface area contributed by atoms with Crippen LogP contribution in [0.1, 0.15) is 28.2 Å². The van der Waals surface area contributed by atoms with E-state index in [1.54, 1.807) is 11.4 Å². The third kappa shape index (κ3) is 2.27. The number of alkyl halides is 1. The molecule has 1 aliphatic rings. The number of amides is 1. The van der Waals surface area contributed by atoms with Crippen LogP contribution < -0.4 is 0 Å². The van der Waals surface area contributed by atoms with Crippen LogP contribution in [0.15, 0.2) is 12.3 Å². The van der Waals surface area contributed by atoms with Gasteiger partial charge in [0.2, 0.25) is 0 Å². The summed E-state index contributed by atoms with van der Waals surface area (Å²) in [4.78, 5) is 18.2. The standard InChI is InChI=1S/C14H17FN4O2/c1-8-3-13-16-5-12(9(2)19(13)17-8)14(21)18-6-10(15)4-11(18)7-20/h3,5,10-11,20H,4,6-7H2,1-2H3/t10-,11-/m0/s1. The molecule has 2 atom stereocenters. The first-order valence-corrected chi connectivity index (χ1v) is 6.89. The number of hydrogen-bond donors (Lipinski definition) is 1. The van der Waals surface area contributed by atoms with E-state index in [2.05, 4.69) is 10.1 Å². The molecule has 0 radical (unpaired) electrons. The third-order valence-electron chi connectivity index (χ3n) is 3.91. The molecule has 6 nitrogen and oxygen atoms in total. The topological polar surface area (TPSA) is 70.7 Å². The maximum absolute atomic E-state index is 13.5. The van der Waals surface area contributed by atoms with Crippen molar-refractivity contribution >= 4 is 11.6 Å². The Morgan fingerprint density at radius 1 is 1.52 bits per heavy atom. The fourth-order valence-corrected chi connectivity index (χ4v) is 2.81. The maximum Gasteiger partial charge on any atom is 0.257 e. The van der Waals surface area contributed by atoms with E-state index in [1.807, 2.05) is 13.0 Å². The predicted molar refractivity (Wildman–Crippen MR) is 73.9 cm³/mol. The summed E-state index contributed by atoms with van der Waals surface area (Å²) in [6.45, 7) is 3.41. The van der Waals surface area contributed by atoms with Gasteiger partial charge in [-0.3, -0.25) is 4.79 Å². The minimum absolute atomic E-state index is 0.0136. The number of fused-ring (bicyclic) bond motifs is 1. The first-order valence-electron chi connectivity index (χ1n) is 6.89. The predicted octanol–water partition coefficient (Wildman–Crippen LogP) is 0.891. The summed E-state index contributed by atoms with van der Waals surface area (Å²) in [7, 11) is 0. The Morgan fingerprint density at radius 3 is 3.00 bits per heavy atom. The zero-order valence-corrected chi connectivity index (χ0v) is 12.0. The summed E-state index contributed by atoms with van der Waals surface area (Å²) in [5, 5.41) is 13.6. The van der Waals surface area contributed by atoms with Crippen molar-refractivity contribution in [3.63, 3.8) is 0 Å². The number of aliphatic hydroxyl groups excluding tert-OH is 1. The van der Waals surface area contributed by atoms with Crippen LogP contribution in [-0.4, -0.2) is 55.9 Å². The van der Waals surface area contributed by atoms with Crippen LogP contribution in [0.5, 0.6) is 0 Å². The van der Waals surface area contributed by atoms with Gasteiger partial charge in [-0.2, -0.15) is 5.10 Å². The summed E-state index contributed by atoms with van der Waals surface area (Å²) >= 11 is 0. The lowest BCUT2D eigenvalue weighted by Crippen LogP contribution is -2.38. The van der Waals surface area contributed by atoms with Gasteiger partial charge in [0.25, 0.3) is 5.91 Å². The molecule has 1 N–H and O–H groups in total. The molecule has 0 spiro atoms. The summed E-state index contributed by atoms with van der Waals surface area (Å²) < 4.78 is 15.1. The average molecular weight is 292 g/mol. The van der Waals surface area contributed by atoms with E-state index in [-0.39, 0.29) is 25.5 Å². The van der Waals surface area contributed by atoms with Gasteiger partial charge < -0.3 is 10.0 Å². The van der Waals surface area contributed by atoms with Gasteiger partial charge in [-0.15, -0.1) is 0 Å². The maximum atomic E-state index is 13.5. The second kappa shape index (κ2) is 5.07. The number of likely N-dealkylation sites (tertiary alicyclic amines) is 1. The molecule has 0 aliphatic carbocycles. The summed E-state index contributed by atoms with van der Waals surface area (Å²) in [6.07, 6.45) is 0.585. The van der Waals surface area contributed by atoms with Crippen LogP contribution in [0.3, 0.4) is 0 Å². The SMILES string of the molecule is Cc1cc2ncc(C(=O)N3C[C@@H](F)C[C@H]3CO)c(C)n2n1. The molecule has 7 heteroatoms. The number of nitrogens with zero attached hydrogens (tertiary/aromatic N) is 4. The van der Waals surface area contributed by atoms with Crippen molar-refractivity contribution in [1.29, 1.82) is 0 Å². The highest BCUT2D eigenvalue weighted by Gasteiger charge is 2.36. The highest BCUT2D eigenvalue weighted by molar-refractivity contribution is 5.95. The van der Waals surface area contributed by atoms with Crippen molar-refractivity contribution in [2.75, 3.05) is 13.2 Å². The monoisotopic (exact) mass is 292 g/mol. The van der Waals surface area contributed by atoms with Gasteiger partial charge in [-0.25, -0.2) is 13.9 Å². The second-order valence-corrected chi connectivity index (χ2v) is 5.44. The number of carbonyl (C=O) groups excluding carboxylic acids is 1. The first kappa shape index (κ1) is 13.9. The van der Waals surface area contributed by atoms with Crippen LogP contribution in [0.25, 0.3) is 5.65 Å². The molecule has 3 rings (SSSR count). The van der Waals surface area contributed by atoms with Gasteiger partial charge >= 0.3 is 0 Å². The Balaban J connectivity index is 1.99. The quantitative estimate of drug-likeness (QED) is 0.892. The van der Waals surface area contributed by atoms with Crippen molar-refractivity contribution in [2.24, 2.45) is 0 Å². The van der Waals surface area contributed by atoms with Crippen LogP contribution in [0.4, 0.5) is 4.39 Å². The molecular weight excluding hydrogens is 275 g/mol. The Morgan fingerprint density at radius 2 is 2.29 bits per heavy atom. The van der Waals surface area contributed by atoms with Crippen LogP contribution in [0.2, 0.25) is 0 Å². The van der Waals surface area contributed by atoms with E-state index >= 15 is 0 Å². The molecule has 3 heterocycles. The number of rotatable bonds is 2. The Hall–Kier alpha value is -2.02. The molecule has 112 valence electrons. The fraction of sp³-hybridized carbons (Fsp3) is 0.500. The average Bonchev–Trinajstić information content (AvgIpc) is 3.01. The molecule has 2 aromatic rings. The number of carbonyl (C=O) groups is 1. The van der Waals surface area contributed by atoms with Crippen LogP contribution in [-0.2, 0) is 0 Å². The molecule has 1 fully saturated rings. The lowest BCUT2D eigenvalue weighted by atomic mass is 10.2. The van der Waals surface area contributed by atoms with Gasteiger partial charge in [-0.05, 0) is 13.8 Å². The number of aryl methyl sites for hydroxylation is 2. The minimum atomic E-state index is -1.09. The normalized spacial score (nSPS) is 22.2. The van der Waals surface area contributed by atoms with Crippen molar-refractivity contribution < 1.29 is 14.3 Å². The van der Waals surface area contributed by atoms with Crippen molar-refractivity contribution in [3.8, 4) is 0 Å². The molecule has 0 saturated carbocycles. The lowest BCUT2D eigenvalue weighted by Gasteiger charge is -2.23. The number of aliphatic hydroxyl groups is 1. The van der Waals surface area contributed by atoms with Gasteiger partial charge in [0.15, 0.2) is 5.65 Å². The van der Waals surface area contributed by atoms with Gasteiger partial charge in [-0.1, -0.05) is 0 Å². The zero-order valence-electron chi connectivity index (χ0n) is 12.0. The van der Waals surface area contributed by atoms with Crippen molar-refractivity contribution in [3.05, 3.63) is 29.2 Å². The highest BCUT2D eigenvalue weighted by atomic mass is 19.1. The van der Waals surface area contributed by atoms with E-state index in [0.717, 1.165) is 5.69 Å². The van der Waals surface area contributed by atoms with E-state index < -0.39 is 12.2 Å². The molecule has 0 aromatic carbocycles. The molecule has 21 heavy (non-hydrogen) atoms. The van der Waals surface area contributed by atoms with Crippen molar-refractivity contribution in [2.45, 2.75) is 32.5 Å². The molecule has 0 bridgehead atoms. The van der Waals surface area contributed by atoms with E-state index in [1.165, 1.54) is 11.1 Å². The van der Waals surface area contributed by atoms with Gasteiger partial charge in [0.05, 0.1) is 36.1 Å². The van der Waals surface area contributed by atoms with Gasteiger partial charge in [0, 0.05) is 18.7 Å². The summed E-state index contributed by atoms with van der Waals surface area (Å²) in [5.74, 6) is -0.311. The smallest absolute Gasteiger partial charge is 0.257 e. The van der Waals surface area contributed by atoms with Crippen LogP contribution >= 0.6 is 0 Å². The largest absolute Gasteiger partial charge is 0.394 e. The fourth-order valence-electron chi connectivity index (χ4n) is 2.81. The zero-order chi connectivity index (χ0) is 15.1. The molecule has 0 unspecified atom stereocenters. The number of halogens is 1. The van der Waals surface area contributed by atoms with E-state index in [0.29, 0.717) is 16.9 Å². The number of aromatic nitrogens is 3. The molecule has 1 amide bonds. The Bertz CT molecular complexity index is 700. The van der Waals surface area contributed by atoms with Gasteiger partial charge in [0.1, 0.15) is 6.17 Å². The van der Waals surface area contributed by atoms with E-state index in [4.69, 9.17) is 0 Å². The Labute approximate surface area is 121 Å². The van der Waals surface area contributed by atoms with E-state index in [9.17, 15) is 14.3 Å². The molecule has 1 saturated heterocycles. The Kier molecular flexibility index (Phi) is 3.36. The van der Waals surface area contributed by atoms with Crippen molar-refractivity contribution in [1.82, 2.24) is 19.5 Å². The molecular formula is C14H17FN4O2. The number of hydrogen-bond acceptors (Lipinski definition) is 4. The summed E-state index contributed by atoms with van der Waals surface area (Å²) in [6, 6.07) is 1.35.